The molecule has 4 amide bonds. The SMILES string of the molecule is CNC(=O)c1cc(Oc2ccc(NC(=O)Nc3cc(C(C)(C)C)nn3-c3cccc(CC(N)=O)c3)cc2)ccn1. The van der Waals surface area contributed by atoms with Gasteiger partial charge in [-0.3, -0.25) is 19.9 Å². The zero-order chi connectivity index (χ0) is 28.9. The van der Waals surface area contributed by atoms with E-state index in [2.05, 4.69) is 20.9 Å². The van der Waals surface area contributed by atoms with Crippen molar-refractivity contribution in [2.45, 2.75) is 32.6 Å². The molecular formula is C29H31N7O4. The quantitative estimate of drug-likeness (QED) is 0.260. The number of carbonyl (C=O) groups is 3. The number of nitrogens with two attached hydrogens (primary N) is 1. The summed E-state index contributed by atoms with van der Waals surface area (Å²) in [5.74, 6) is 0.684. The van der Waals surface area contributed by atoms with E-state index in [1.807, 2.05) is 51.1 Å². The van der Waals surface area contributed by atoms with Gasteiger partial charge in [0.05, 0.1) is 17.8 Å². The number of aromatic nitrogens is 3. The molecular weight excluding hydrogens is 510 g/mol. The maximum absolute atomic E-state index is 12.9. The fourth-order valence-electron chi connectivity index (χ4n) is 3.78. The van der Waals surface area contributed by atoms with Gasteiger partial charge in [-0.1, -0.05) is 32.9 Å². The summed E-state index contributed by atoms with van der Waals surface area (Å²) >= 11 is 0. The van der Waals surface area contributed by atoms with Crippen molar-refractivity contribution in [3.63, 3.8) is 0 Å². The summed E-state index contributed by atoms with van der Waals surface area (Å²) in [5, 5.41) is 12.9. The smallest absolute Gasteiger partial charge is 0.324 e. The summed E-state index contributed by atoms with van der Waals surface area (Å²) in [4.78, 5) is 40.2. The lowest BCUT2D eigenvalue weighted by Gasteiger charge is -2.14. The number of anilines is 2. The first-order valence-electron chi connectivity index (χ1n) is 12.5. The highest BCUT2D eigenvalue weighted by molar-refractivity contribution is 5.99. The van der Waals surface area contributed by atoms with Gasteiger partial charge in [0.25, 0.3) is 5.91 Å². The first-order chi connectivity index (χ1) is 19.0. The maximum Gasteiger partial charge on any atom is 0.324 e. The molecule has 0 saturated carbocycles. The fourth-order valence-corrected chi connectivity index (χ4v) is 3.78. The van der Waals surface area contributed by atoms with Crippen LogP contribution in [0.25, 0.3) is 5.69 Å². The molecule has 2 aromatic carbocycles. The molecule has 40 heavy (non-hydrogen) atoms. The number of urea groups is 1. The van der Waals surface area contributed by atoms with Gasteiger partial charge in [-0.25, -0.2) is 9.48 Å². The Labute approximate surface area is 231 Å². The van der Waals surface area contributed by atoms with Crippen LogP contribution in [-0.2, 0) is 16.6 Å². The summed E-state index contributed by atoms with van der Waals surface area (Å²) in [5.41, 5.74) is 8.07. The fraction of sp³-hybridized carbons (Fsp3) is 0.207. The molecule has 5 N–H and O–H groups in total. The Bertz CT molecular complexity index is 1540. The Morgan fingerprint density at radius 2 is 1.70 bits per heavy atom. The van der Waals surface area contributed by atoms with Gasteiger partial charge < -0.3 is 21.1 Å². The van der Waals surface area contributed by atoms with E-state index in [-0.39, 0.29) is 23.4 Å². The van der Waals surface area contributed by atoms with Crippen LogP contribution in [0.2, 0.25) is 0 Å². The Morgan fingerprint density at radius 3 is 2.38 bits per heavy atom. The standard InChI is InChI=1S/C29H31N7O4/c1-29(2,3)24-17-26(36(35-24)20-7-5-6-18(14-20)15-25(30)37)34-28(39)33-19-8-10-21(11-9-19)40-22-12-13-32-23(16-22)27(38)31-4/h5-14,16-17H,15H2,1-4H3,(H2,30,37)(H,31,38)(H2,33,34,39). The highest BCUT2D eigenvalue weighted by atomic mass is 16.5. The highest BCUT2D eigenvalue weighted by Crippen LogP contribution is 2.27. The predicted octanol–water partition coefficient (Wildman–Crippen LogP) is 4.39. The average molecular weight is 542 g/mol. The molecule has 0 spiro atoms. The molecule has 11 heteroatoms. The van der Waals surface area contributed by atoms with Crippen LogP contribution in [0.5, 0.6) is 11.5 Å². The second kappa shape index (κ2) is 11.7. The van der Waals surface area contributed by atoms with Crippen LogP contribution in [0.1, 0.15) is 42.5 Å². The molecule has 0 fully saturated rings. The van der Waals surface area contributed by atoms with Crippen LogP contribution in [0.3, 0.4) is 0 Å². The number of ether oxygens (including phenoxy) is 1. The molecule has 0 radical (unpaired) electrons. The van der Waals surface area contributed by atoms with E-state index in [4.69, 9.17) is 15.6 Å². The van der Waals surface area contributed by atoms with Crippen molar-refractivity contribution in [3.8, 4) is 17.2 Å². The number of amides is 4. The molecule has 206 valence electrons. The van der Waals surface area contributed by atoms with Crippen molar-refractivity contribution in [2.75, 3.05) is 17.7 Å². The molecule has 0 aliphatic heterocycles. The van der Waals surface area contributed by atoms with Crippen molar-refractivity contribution in [3.05, 3.63) is 89.9 Å². The zero-order valence-corrected chi connectivity index (χ0v) is 22.7. The van der Waals surface area contributed by atoms with Crippen LogP contribution < -0.4 is 26.4 Å². The molecule has 0 saturated heterocycles. The van der Waals surface area contributed by atoms with Gasteiger partial charge >= 0.3 is 6.03 Å². The number of hydrogen-bond acceptors (Lipinski definition) is 6. The summed E-state index contributed by atoms with van der Waals surface area (Å²) < 4.78 is 7.44. The second-order valence-corrected chi connectivity index (χ2v) is 10.1. The van der Waals surface area contributed by atoms with Crippen LogP contribution in [-0.4, -0.2) is 39.7 Å². The van der Waals surface area contributed by atoms with E-state index in [1.165, 1.54) is 19.3 Å². The molecule has 2 heterocycles. The van der Waals surface area contributed by atoms with Crippen molar-refractivity contribution in [2.24, 2.45) is 5.73 Å². The largest absolute Gasteiger partial charge is 0.457 e. The Kier molecular flexibility index (Phi) is 8.13. The van der Waals surface area contributed by atoms with E-state index in [0.29, 0.717) is 28.7 Å². The van der Waals surface area contributed by atoms with E-state index < -0.39 is 11.9 Å². The summed E-state index contributed by atoms with van der Waals surface area (Å²) in [6, 6.07) is 18.6. The normalized spacial score (nSPS) is 11.0. The molecule has 0 unspecified atom stereocenters. The topological polar surface area (TPSA) is 153 Å². The number of pyridine rings is 1. The lowest BCUT2D eigenvalue weighted by molar-refractivity contribution is -0.117. The molecule has 0 bridgehead atoms. The third kappa shape index (κ3) is 7.01. The van der Waals surface area contributed by atoms with Crippen molar-refractivity contribution in [1.82, 2.24) is 20.1 Å². The minimum absolute atomic E-state index is 0.0978. The average Bonchev–Trinajstić information content (AvgIpc) is 3.33. The lowest BCUT2D eigenvalue weighted by Crippen LogP contribution is -2.21. The van der Waals surface area contributed by atoms with Crippen LogP contribution in [0.4, 0.5) is 16.3 Å². The first-order valence-corrected chi connectivity index (χ1v) is 12.5. The molecule has 4 aromatic rings. The van der Waals surface area contributed by atoms with Gasteiger partial charge in [0.15, 0.2) is 0 Å². The van der Waals surface area contributed by atoms with Crippen molar-refractivity contribution >= 4 is 29.4 Å². The lowest BCUT2D eigenvalue weighted by atomic mass is 9.92. The van der Waals surface area contributed by atoms with Crippen LogP contribution in [0, 0.1) is 0 Å². The number of nitrogens with zero attached hydrogens (tertiary/aromatic N) is 3. The molecule has 2 aromatic heterocycles. The number of benzene rings is 2. The van der Waals surface area contributed by atoms with Crippen molar-refractivity contribution < 1.29 is 19.1 Å². The van der Waals surface area contributed by atoms with E-state index >= 15 is 0 Å². The monoisotopic (exact) mass is 541 g/mol. The minimum Gasteiger partial charge on any atom is -0.457 e. The van der Waals surface area contributed by atoms with E-state index in [9.17, 15) is 14.4 Å². The number of primary amides is 1. The Hall–Kier alpha value is -5.19. The second-order valence-electron chi connectivity index (χ2n) is 10.1. The van der Waals surface area contributed by atoms with Gasteiger partial charge in [0.1, 0.15) is 23.0 Å². The number of rotatable bonds is 8. The molecule has 0 aliphatic carbocycles. The zero-order valence-electron chi connectivity index (χ0n) is 22.7. The maximum atomic E-state index is 12.9. The van der Waals surface area contributed by atoms with Crippen molar-refractivity contribution in [1.29, 1.82) is 0 Å². The van der Waals surface area contributed by atoms with E-state index in [0.717, 1.165) is 11.3 Å². The summed E-state index contributed by atoms with van der Waals surface area (Å²) in [7, 11) is 1.53. The third-order valence-corrected chi connectivity index (χ3v) is 5.79. The van der Waals surface area contributed by atoms with E-state index in [1.54, 1.807) is 35.0 Å². The molecule has 4 rings (SSSR count). The number of carbonyl (C=O) groups excluding carboxylic acids is 3. The van der Waals surface area contributed by atoms with Gasteiger partial charge in [-0.2, -0.15) is 5.10 Å². The van der Waals surface area contributed by atoms with Gasteiger partial charge in [0, 0.05) is 36.5 Å². The van der Waals surface area contributed by atoms with Crippen LogP contribution in [0.15, 0.2) is 72.9 Å². The van der Waals surface area contributed by atoms with Gasteiger partial charge in [-0.15, -0.1) is 0 Å². The number of hydrogen-bond donors (Lipinski definition) is 4. The Morgan fingerprint density at radius 1 is 0.950 bits per heavy atom. The molecule has 0 atom stereocenters. The summed E-state index contributed by atoms with van der Waals surface area (Å²) in [6.45, 7) is 6.09. The molecule has 11 nitrogen and oxygen atoms in total. The number of nitrogens with one attached hydrogen (secondary N) is 3. The summed E-state index contributed by atoms with van der Waals surface area (Å²) in [6.07, 6.45) is 1.59. The first kappa shape index (κ1) is 27.8. The Balaban J connectivity index is 1.48. The molecule has 0 aliphatic rings. The minimum atomic E-state index is -0.465. The predicted molar refractivity (Wildman–Crippen MR) is 152 cm³/mol. The highest BCUT2D eigenvalue weighted by Gasteiger charge is 2.22. The van der Waals surface area contributed by atoms with Gasteiger partial charge in [-0.05, 0) is 48.0 Å². The van der Waals surface area contributed by atoms with Crippen LogP contribution >= 0.6 is 0 Å². The van der Waals surface area contributed by atoms with Gasteiger partial charge in [0.2, 0.25) is 5.91 Å². The third-order valence-electron chi connectivity index (χ3n) is 5.79.